The third-order valence-corrected chi connectivity index (χ3v) is 3.98. The maximum Gasteiger partial charge on any atom is 0.254 e. The number of methoxy groups -OCH3 is 1. The Morgan fingerprint density at radius 3 is 2.58 bits per heavy atom. The van der Waals surface area contributed by atoms with E-state index in [1.54, 1.807) is 7.11 Å². The summed E-state index contributed by atoms with van der Waals surface area (Å²) in [4.78, 5) is 12.1. The molecule has 3 nitrogen and oxygen atoms in total. The summed E-state index contributed by atoms with van der Waals surface area (Å²) in [5.41, 5.74) is 0.903. The van der Waals surface area contributed by atoms with E-state index in [0.717, 1.165) is 28.2 Å². The number of halogens is 2. The van der Waals surface area contributed by atoms with Gasteiger partial charge in [0.25, 0.3) is 5.91 Å². The summed E-state index contributed by atoms with van der Waals surface area (Å²) in [6.45, 7) is 0.308. The number of hydrogen-bond acceptors (Lipinski definition) is 2. The van der Waals surface area contributed by atoms with Gasteiger partial charge in [-0.15, -0.1) is 0 Å². The summed E-state index contributed by atoms with van der Waals surface area (Å²) < 4.78 is 18.9. The average molecular weight is 344 g/mol. The molecule has 0 heterocycles. The molecule has 0 aliphatic rings. The van der Waals surface area contributed by atoms with Gasteiger partial charge in [0.2, 0.25) is 0 Å². The summed E-state index contributed by atoms with van der Waals surface area (Å²) in [5, 5.41) is 5.07. The summed E-state index contributed by atoms with van der Waals surface area (Å²) in [7, 11) is 1.63. The fourth-order valence-electron chi connectivity index (χ4n) is 2.46. The topological polar surface area (TPSA) is 38.3 Å². The fraction of sp³-hybridized carbons (Fsp3) is 0.105. The minimum Gasteiger partial charge on any atom is -0.497 e. The summed E-state index contributed by atoms with van der Waals surface area (Å²) in [6, 6.07) is 15.6. The molecule has 0 radical (unpaired) electrons. The Morgan fingerprint density at radius 1 is 1.08 bits per heavy atom. The standard InChI is InChI=1S/C19H15ClFNO2/c1-24-16-6-4-13-8-12(2-3-14(13)9-16)11-22-19(23)17-7-5-15(20)10-18(17)21/h2-10H,11H2,1H3,(H,22,23). The van der Waals surface area contributed by atoms with Crippen LogP contribution in [0.15, 0.2) is 54.6 Å². The van der Waals surface area contributed by atoms with Gasteiger partial charge < -0.3 is 10.1 Å². The zero-order chi connectivity index (χ0) is 17.1. The van der Waals surface area contributed by atoms with Crippen LogP contribution in [0, 0.1) is 5.82 Å². The molecule has 0 unspecified atom stereocenters. The van der Waals surface area contributed by atoms with Crippen LogP contribution in [-0.4, -0.2) is 13.0 Å². The highest BCUT2D eigenvalue weighted by molar-refractivity contribution is 6.30. The Bertz CT molecular complexity index is 911. The van der Waals surface area contributed by atoms with Gasteiger partial charge in [0.15, 0.2) is 0 Å². The Balaban J connectivity index is 1.74. The van der Waals surface area contributed by atoms with Crippen molar-refractivity contribution in [3.05, 3.63) is 76.6 Å². The van der Waals surface area contributed by atoms with Crippen LogP contribution >= 0.6 is 11.6 Å². The highest BCUT2D eigenvalue weighted by atomic mass is 35.5. The van der Waals surface area contributed by atoms with Crippen molar-refractivity contribution in [2.24, 2.45) is 0 Å². The molecule has 1 N–H and O–H groups in total. The fourth-order valence-corrected chi connectivity index (χ4v) is 2.62. The SMILES string of the molecule is COc1ccc2cc(CNC(=O)c3ccc(Cl)cc3F)ccc2c1. The van der Waals surface area contributed by atoms with Gasteiger partial charge in [-0.2, -0.15) is 0 Å². The molecule has 0 aliphatic carbocycles. The van der Waals surface area contributed by atoms with E-state index in [-0.39, 0.29) is 10.6 Å². The number of fused-ring (bicyclic) bond motifs is 1. The van der Waals surface area contributed by atoms with Gasteiger partial charge in [-0.1, -0.05) is 29.8 Å². The number of carbonyl (C=O) groups excluding carboxylic acids is 1. The van der Waals surface area contributed by atoms with E-state index in [1.807, 2.05) is 36.4 Å². The predicted molar refractivity (Wildman–Crippen MR) is 93.1 cm³/mol. The van der Waals surface area contributed by atoms with E-state index in [4.69, 9.17) is 16.3 Å². The first kappa shape index (κ1) is 16.3. The first-order valence-electron chi connectivity index (χ1n) is 7.37. The van der Waals surface area contributed by atoms with Crippen LogP contribution in [0.4, 0.5) is 4.39 Å². The van der Waals surface area contributed by atoms with Gasteiger partial charge in [-0.25, -0.2) is 4.39 Å². The van der Waals surface area contributed by atoms with Crippen molar-refractivity contribution < 1.29 is 13.9 Å². The quantitative estimate of drug-likeness (QED) is 0.753. The summed E-state index contributed by atoms with van der Waals surface area (Å²) >= 11 is 5.69. The van der Waals surface area contributed by atoms with E-state index >= 15 is 0 Å². The Hall–Kier alpha value is -2.59. The number of amides is 1. The van der Waals surface area contributed by atoms with Gasteiger partial charge >= 0.3 is 0 Å². The van der Waals surface area contributed by atoms with Crippen LogP contribution in [0.25, 0.3) is 10.8 Å². The number of benzene rings is 3. The molecule has 1 amide bonds. The monoisotopic (exact) mass is 343 g/mol. The third kappa shape index (κ3) is 3.49. The molecular formula is C19H15ClFNO2. The zero-order valence-corrected chi connectivity index (χ0v) is 13.7. The molecule has 0 fully saturated rings. The number of hydrogen-bond donors (Lipinski definition) is 1. The zero-order valence-electron chi connectivity index (χ0n) is 13.0. The van der Waals surface area contributed by atoms with Gasteiger partial charge in [0.05, 0.1) is 12.7 Å². The molecule has 3 rings (SSSR count). The minimum atomic E-state index is -0.634. The second kappa shape index (κ2) is 6.89. The van der Waals surface area contributed by atoms with Crippen molar-refractivity contribution in [1.29, 1.82) is 0 Å². The number of ether oxygens (including phenoxy) is 1. The van der Waals surface area contributed by atoms with Crippen LogP contribution < -0.4 is 10.1 Å². The summed E-state index contributed by atoms with van der Waals surface area (Å²) in [5.74, 6) is -0.314. The van der Waals surface area contributed by atoms with Crippen molar-refractivity contribution in [3.63, 3.8) is 0 Å². The van der Waals surface area contributed by atoms with Gasteiger partial charge in [0, 0.05) is 11.6 Å². The van der Waals surface area contributed by atoms with Crippen molar-refractivity contribution in [2.45, 2.75) is 6.54 Å². The van der Waals surface area contributed by atoms with Crippen LogP contribution in [0.3, 0.4) is 0 Å². The van der Waals surface area contributed by atoms with E-state index in [0.29, 0.717) is 6.54 Å². The van der Waals surface area contributed by atoms with Crippen LogP contribution in [-0.2, 0) is 6.54 Å². The van der Waals surface area contributed by atoms with Crippen LogP contribution in [0.2, 0.25) is 5.02 Å². The first-order valence-corrected chi connectivity index (χ1v) is 7.74. The van der Waals surface area contributed by atoms with E-state index < -0.39 is 11.7 Å². The van der Waals surface area contributed by atoms with Crippen molar-refractivity contribution in [1.82, 2.24) is 5.32 Å². The molecule has 3 aromatic carbocycles. The maximum absolute atomic E-state index is 13.7. The van der Waals surface area contributed by atoms with Crippen molar-refractivity contribution in [2.75, 3.05) is 7.11 Å². The van der Waals surface area contributed by atoms with Crippen LogP contribution in [0.5, 0.6) is 5.75 Å². The Kier molecular flexibility index (Phi) is 4.67. The molecule has 24 heavy (non-hydrogen) atoms. The molecule has 0 saturated heterocycles. The van der Waals surface area contributed by atoms with Gasteiger partial charge in [-0.3, -0.25) is 4.79 Å². The second-order valence-corrected chi connectivity index (χ2v) is 5.79. The van der Waals surface area contributed by atoms with E-state index in [1.165, 1.54) is 12.1 Å². The molecule has 0 aromatic heterocycles. The molecule has 0 saturated carbocycles. The summed E-state index contributed by atoms with van der Waals surface area (Å²) in [6.07, 6.45) is 0. The molecular weight excluding hydrogens is 329 g/mol. The predicted octanol–water partition coefficient (Wildman–Crippen LogP) is 4.57. The number of carbonyl (C=O) groups is 1. The molecule has 3 aromatic rings. The largest absolute Gasteiger partial charge is 0.497 e. The lowest BCUT2D eigenvalue weighted by Crippen LogP contribution is -2.23. The molecule has 5 heteroatoms. The lowest BCUT2D eigenvalue weighted by atomic mass is 10.1. The third-order valence-electron chi connectivity index (χ3n) is 3.74. The molecule has 0 atom stereocenters. The Morgan fingerprint density at radius 2 is 1.83 bits per heavy atom. The van der Waals surface area contributed by atoms with Gasteiger partial charge in [-0.05, 0) is 52.7 Å². The average Bonchev–Trinajstić information content (AvgIpc) is 2.59. The Labute approximate surface area is 144 Å². The smallest absolute Gasteiger partial charge is 0.254 e. The number of rotatable bonds is 4. The van der Waals surface area contributed by atoms with E-state index in [9.17, 15) is 9.18 Å². The van der Waals surface area contributed by atoms with Crippen molar-refractivity contribution >= 4 is 28.3 Å². The molecule has 0 bridgehead atoms. The van der Waals surface area contributed by atoms with E-state index in [2.05, 4.69) is 5.32 Å². The second-order valence-electron chi connectivity index (χ2n) is 5.35. The minimum absolute atomic E-state index is 0.0232. The lowest BCUT2D eigenvalue weighted by molar-refractivity contribution is 0.0947. The molecule has 0 spiro atoms. The van der Waals surface area contributed by atoms with Crippen molar-refractivity contribution in [3.8, 4) is 5.75 Å². The highest BCUT2D eigenvalue weighted by Gasteiger charge is 2.11. The molecule has 0 aliphatic heterocycles. The first-order chi connectivity index (χ1) is 11.6. The van der Waals surface area contributed by atoms with Gasteiger partial charge in [0.1, 0.15) is 11.6 Å². The highest BCUT2D eigenvalue weighted by Crippen LogP contribution is 2.22. The lowest BCUT2D eigenvalue weighted by Gasteiger charge is -2.08. The number of nitrogens with one attached hydrogen (secondary N) is 1. The van der Waals surface area contributed by atoms with Crippen LogP contribution in [0.1, 0.15) is 15.9 Å². The normalized spacial score (nSPS) is 10.6. The maximum atomic E-state index is 13.7. The molecule has 122 valence electrons.